The summed E-state index contributed by atoms with van der Waals surface area (Å²) in [5.41, 5.74) is 1.85. The van der Waals surface area contributed by atoms with Gasteiger partial charge in [-0.05, 0) is 37.6 Å². The number of nitrogens with one attached hydrogen (secondary N) is 1. The SMILES string of the molecule is Cc1ccccc1OC(C)c1nnc(SCC(=O)Nc2ccccc2)n1C. The lowest BCUT2D eigenvalue weighted by Crippen LogP contribution is -2.14. The highest BCUT2D eigenvalue weighted by atomic mass is 32.2. The van der Waals surface area contributed by atoms with Crippen molar-refractivity contribution in [3.05, 3.63) is 66.0 Å². The second-order valence-electron chi connectivity index (χ2n) is 6.13. The van der Waals surface area contributed by atoms with Gasteiger partial charge in [-0.15, -0.1) is 10.2 Å². The standard InChI is InChI=1S/C20H22N4O2S/c1-14-9-7-8-12-17(14)26-15(2)19-22-23-20(24(19)3)27-13-18(25)21-16-10-5-4-6-11-16/h4-12,15H,13H2,1-3H3,(H,21,25). The van der Waals surface area contributed by atoms with Gasteiger partial charge in [0.25, 0.3) is 0 Å². The largest absolute Gasteiger partial charge is 0.482 e. The van der Waals surface area contributed by atoms with Gasteiger partial charge in [-0.2, -0.15) is 0 Å². The van der Waals surface area contributed by atoms with Crippen molar-refractivity contribution < 1.29 is 9.53 Å². The van der Waals surface area contributed by atoms with Crippen LogP contribution in [0.1, 0.15) is 24.4 Å². The number of carbonyl (C=O) groups is 1. The van der Waals surface area contributed by atoms with Crippen LogP contribution in [0.4, 0.5) is 5.69 Å². The summed E-state index contributed by atoms with van der Waals surface area (Å²) in [6, 6.07) is 17.2. The maximum atomic E-state index is 12.1. The van der Waals surface area contributed by atoms with E-state index in [1.54, 1.807) is 0 Å². The van der Waals surface area contributed by atoms with Crippen LogP contribution < -0.4 is 10.1 Å². The lowest BCUT2D eigenvalue weighted by molar-refractivity contribution is -0.113. The molecule has 0 aliphatic carbocycles. The normalized spacial score (nSPS) is 11.8. The first-order valence-corrected chi connectivity index (χ1v) is 9.62. The number of benzene rings is 2. The second kappa shape index (κ2) is 8.73. The van der Waals surface area contributed by atoms with Crippen LogP contribution in [0.2, 0.25) is 0 Å². The molecule has 0 radical (unpaired) electrons. The molecule has 0 fully saturated rings. The van der Waals surface area contributed by atoms with E-state index >= 15 is 0 Å². The first-order chi connectivity index (χ1) is 13.0. The molecular weight excluding hydrogens is 360 g/mol. The van der Waals surface area contributed by atoms with Gasteiger partial charge in [0, 0.05) is 12.7 Å². The van der Waals surface area contributed by atoms with Crippen LogP contribution in [0.25, 0.3) is 0 Å². The highest BCUT2D eigenvalue weighted by molar-refractivity contribution is 7.99. The first kappa shape index (κ1) is 19.0. The lowest BCUT2D eigenvalue weighted by atomic mass is 10.2. The molecule has 1 aromatic heterocycles. The molecule has 0 spiro atoms. The van der Waals surface area contributed by atoms with Crippen LogP contribution in [-0.4, -0.2) is 26.4 Å². The molecule has 0 bridgehead atoms. The molecule has 1 heterocycles. The fraction of sp³-hybridized carbons (Fsp3) is 0.250. The Morgan fingerprint density at radius 2 is 1.85 bits per heavy atom. The van der Waals surface area contributed by atoms with Crippen molar-refractivity contribution >= 4 is 23.4 Å². The summed E-state index contributed by atoms with van der Waals surface area (Å²) < 4.78 is 7.88. The summed E-state index contributed by atoms with van der Waals surface area (Å²) in [5, 5.41) is 12.0. The Kier molecular flexibility index (Phi) is 6.13. The molecule has 1 N–H and O–H groups in total. The van der Waals surface area contributed by atoms with Crippen LogP contribution in [-0.2, 0) is 11.8 Å². The topological polar surface area (TPSA) is 69.0 Å². The molecule has 1 amide bonds. The molecule has 0 aliphatic heterocycles. The van der Waals surface area contributed by atoms with Crippen LogP contribution in [0.5, 0.6) is 5.75 Å². The summed E-state index contributed by atoms with van der Waals surface area (Å²) in [4.78, 5) is 12.1. The van der Waals surface area contributed by atoms with E-state index in [-0.39, 0.29) is 17.8 Å². The monoisotopic (exact) mass is 382 g/mol. The van der Waals surface area contributed by atoms with Crippen LogP contribution in [0.3, 0.4) is 0 Å². The third-order valence-electron chi connectivity index (χ3n) is 4.02. The Balaban J connectivity index is 1.59. The highest BCUT2D eigenvalue weighted by Gasteiger charge is 2.18. The Labute approximate surface area is 163 Å². The number of aryl methyl sites for hydroxylation is 1. The van der Waals surface area contributed by atoms with Gasteiger partial charge in [0.05, 0.1) is 5.75 Å². The molecule has 1 unspecified atom stereocenters. The molecule has 6 nitrogen and oxygen atoms in total. The average Bonchev–Trinajstić information content (AvgIpc) is 3.03. The fourth-order valence-electron chi connectivity index (χ4n) is 2.59. The number of ether oxygens (including phenoxy) is 1. The zero-order chi connectivity index (χ0) is 19.2. The number of anilines is 1. The minimum Gasteiger partial charge on any atom is -0.482 e. The third-order valence-corrected chi connectivity index (χ3v) is 5.04. The van der Waals surface area contributed by atoms with Crippen molar-refractivity contribution in [1.82, 2.24) is 14.8 Å². The van der Waals surface area contributed by atoms with Gasteiger partial charge in [-0.3, -0.25) is 4.79 Å². The maximum absolute atomic E-state index is 12.1. The highest BCUT2D eigenvalue weighted by Crippen LogP contribution is 2.25. The molecule has 0 saturated carbocycles. The lowest BCUT2D eigenvalue weighted by Gasteiger charge is -2.15. The summed E-state index contributed by atoms with van der Waals surface area (Å²) in [7, 11) is 1.88. The minimum absolute atomic E-state index is 0.0834. The van der Waals surface area contributed by atoms with E-state index in [1.807, 2.05) is 80.1 Å². The Morgan fingerprint density at radius 1 is 1.15 bits per heavy atom. The molecule has 2 aromatic carbocycles. The number of para-hydroxylation sites is 2. The molecular formula is C20H22N4O2S. The summed E-state index contributed by atoms with van der Waals surface area (Å²) in [6.45, 7) is 3.94. The summed E-state index contributed by atoms with van der Waals surface area (Å²) in [5.74, 6) is 1.71. The van der Waals surface area contributed by atoms with Crippen molar-refractivity contribution in [2.45, 2.75) is 25.1 Å². The zero-order valence-electron chi connectivity index (χ0n) is 15.5. The molecule has 140 valence electrons. The van der Waals surface area contributed by atoms with Crippen molar-refractivity contribution in [1.29, 1.82) is 0 Å². The van der Waals surface area contributed by atoms with Gasteiger partial charge in [-0.1, -0.05) is 48.2 Å². The number of hydrogen-bond acceptors (Lipinski definition) is 5. The van der Waals surface area contributed by atoms with E-state index < -0.39 is 0 Å². The predicted octanol–water partition coefficient (Wildman–Crippen LogP) is 3.99. The minimum atomic E-state index is -0.254. The number of hydrogen-bond donors (Lipinski definition) is 1. The van der Waals surface area contributed by atoms with Crippen LogP contribution in [0.15, 0.2) is 59.8 Å². The maximum Gasteiger partial charge on any atom is 0.234 e. The molecule has 1 atom stereocenters. The molecule has 3 aromatic rings. The molecule has 27 heavy (non-hydrogen) atoms. The van der Waals surface area contributed by atoms with E-state index in [4.69, 9.17) is 4.74 Å². The Bertz CT molecular complexity index is 911. The number of nitrogens with zero attached hydrogens (tertiary/aromatic N) is 3. The second-order valence-corrected chi connectivity index (χ2v) is 7.07. The smallest absolute Gasteiger partial charge is 0.234 e. The predicted molar refractivity (Wildman–Crippen MR) is 107 cm³/mol. The van der Waals surface area contributed by atoms with Gasteiger partial charge < -0.3 is 14.6 Å². The van der Waals surface area contributed by atoms with Crippen molar-refractivity contribution in [2.75, 3.05) is 11.1 Å². The molecule has 7 heteroatoms. The number of amides is 1. The number of aromatic nitrogens is 3. The summed E-state index contributed by atoms with van der Waals surface area (Å²) in [6.07, 6.45) is -0.254. The van der Waals surface area contributed by atoms with Crippen molar-refractivity contribution in [3.8, 4) is 5.75 Å². The number of thioether (sulfide) groups is 1. The van der Waals surface area contributed by atoms with E-state index in [1.165, 1.54) is 11.8 Å². The average molecular weight is 382 g/mol. The Hall–Kier alpha value is -2.80. The third kappa shape index (κ3) is 4.89. The fourth-order valence-corrected chi connectivity index (χ4v) is 3.30. The van der Waals surface area contributed by atoms with E-state index in [9.17, 15) is 4.79 Å². The first-order valence-electron chi connectivity index (χ1n) is 8.64. The van der Waals surface area contributed by atoms with E-state index in [2.05, 4.69) is 15.5 Å². The molecule has 0 aliphatic rings. The van der Waals surface area contributed by atoms with Crippen LogP contribution in [0, 0.1) is 6.92 Å². The Morgan fingerprint density at radius 3 is 2.59 bits per heavy atom. The van der Waals surface area contributed by atoms with Crippen LogP contribution >= 0.6 is 11.8 Å². The quantitative estimate of drug-likeness (QED) is 0.626. The summed E-state index contributed by atoms with van der Waals surface area (Å²) >= 11 is 1.34. The van der Waals surface area contributed by atoms with Gasteiger partial charge in [0.1, 0.15) is 5.75 Å². The van der Waals surface area contributed by atoms with E-state index in [0.717, 1.165) is 17.0 Å². The van der Waals surface area contributed by atoms with Gasteiger partial charge in [0.15, 0.2) is 17.1 Å². The number of rotatable bonds is 7. The number of carbonyl (C=O) groups excluding carboxylic acids is 1. The van der Waals surface area contributed by atoms with Gasteiger partial charge in [-0.25, -0.2) is 0 Å². The molecule has 0 saturated heterocycles. The van der Waals surface area contributed by atoms with Gasteiger partial charge in [0.2, 0.25) is 5.91 Å². The van der Waals surface area contributed by atoms with Crippen molar-refractivity contribution in [2.24, 2.45) is 7.05 Å². The van der Waals surface area contributed by atoms with E-state index in [0.29, 0.717) is 11.0 Å². The van der Waals surface area contributed by atoms with Crippen molar-refractivity contribution in [3.63, 3.8) is 0 Å². The van der Waals surface area contributed by atoms with Gasteiger partial charge >= 0.3 is 0 Å². The zero-order valence-corrected chi connectivity index (χ0v) is 16.4. The molecule has 3 rings (SSSR count).